The average Bonchev–Trinajstić information content (AvgIpc) is 2.75. The first-order valence-corrected chi connectivity index (χ1v) is 9.72. The third kappa shape index (κ3) is 4.58. The van der Waals surface area contributed by atoms with Crippen LogP contribution in [0.1, 0.15) is 18.5 Å². The van der Waals surface area contributed by atoms with Gasteiger partial charge in [-0.1, -0.05) is 41.4 Å². The molecule has 3 aromatic rings. The molecule has 1 atom stereocenters. The quantitative estimate of drug-likeness (QED) is 0.494. The van der Waals surface area contributed by atoms with E-state index < -0.39 is 17.6 Å². The van der Waals surface area contributed by atoms with Crippen molar-refractivity contribution in [3.8, 4) is 17.2 Å². The monoisotopic (exact) mass is 448 g/mol. The molecule has 1 aromatic heterocycles. The summed E-state index contributed by atoms with van der Waals surface area (Å²) in [6, 6.07) is 12.0. The number of carbonyl (C=O) groups is 1. The molecule has 3 rings (SSSR count). The Morgan fingerprint density at radius 2 is 1.73 bits per heavy atom. The Balaban J connectivity index is 2.09. The Labute approximate surface area is 182 Å². The third-order valence-electron chi connectivity index (χ3n) is 4.15. The SMILES string of the molecule is CCOC(=O)C(c1ccccc1Cl)n1ncc(Cl)c(Oc2ccc(OC)cc2)c1=O. The van der Waals surface area contributed by atoms with Gasteiger partial charge < -0.3 is 14.2 Å². The molecule has 0 amide bonds. The Kier molecular flexibility index (Phi) is 6.97. The second-order valence-corrected chi connectivity index (χ2v) is 6.84. The van der Waals surface area contributed by atoms with Crippen molar-refractivity contribution in [2.24, 2.45) is 0 Å². The fourth-order valence-electron chi connectivity index (χ4n) is 2.74. The van der Waals surface area contributed by atoms with Crippen molar-refractivity contribution in [2.45, 2.75) is 13.0 Å². The number of esters is 1. The fraction of sp³-hybridized carbons (Fsp3) is 0.190. The summed E-state index contributed by atoms with van der Waals surface area (Å²) in [5, 5.41) is 4.32. The van der Waals surface area contributed by atoms with Crippen molar-refractivity contribution in [3.63, 3.8) is 0 Å². The molecule has 0 fully saturated rings. The van der Waals surface area contributed by atoms with Crippen molar-refractivity contribution in [1.29, 1.82) is 0 Å². The Morgan fingerprint density at radius 1 is 1.07 bits per heavy atom. The molecule has 156 valence electrons. The van der Waals surface area contributed by atoms with E-state index in [0.717, 1.165) is 4.68 Å². The van der Waals surface area contributed by atoms with Gasteiger partial charge in [0.2, 0.25) is 5.75 Å². The van der Waals surface area contributed by atoms with Gasteiger partial charge in [0.15, 0.2) is 6.04 Å². The molecule has 0 saturated heterocycles. The van der Waals surface area contributed by atoms with Gasteiger partial charge in [-0.25, -0.2) is 9.48 Å². The predicted octanol–water partition coefficient (Wildman–Crippen LogP) is 4.50. The number of halogens is 2. The lowest BCUT2D eigenvalue weighted by Gasteiger charge is -2.19. The summed E-state index contributed by atoms with van der Waals surface area (Å²) in [5.74, 6) is 0.121. The van der Waals surface area contributed by atoms with Crippen molar-refractivity contribution in [1.82, 2.24) is 9.78 Å². The van der Waals surface area contributed by atoms with Crippen LogP contribution in [0.4, 0.5) is 0 Å². The molecular weight excluding hydrogens is 431 g/mol. The molecule has 9 heteroatoms. The maximum Gasteiger partial charge on any atom is 0.335 e. The fourth-order valence-corrected chi connectivity index (χ4v) is 3.15. The van der Waals surface area contributed by atoms with E-state index in [2.05, 4.69) is 5.10 Å². The van der Waals surface area contributed by atoms with Gasteiger partial charge in [-0.3, -0.25) is 4.79 Å². The molecule has 0 spiro atoms. The van der Waals surface area contributed by atoms with Crippen molar-refractivity contribution in [2.75, 3.05) is 13.7 Å². The van der Waals surface area contributed by atoms with Gasteiger partial charge in [0.05, 0.1) is 19.9 Å². The molecule has 0 bridgehead atoms. The molecule has 0 aliphatic rings. The van der Waals surface area contributed by atoms with E-state index in [1.807, 2.05) is 0 Å². The summed E-state index contributed by atoms with van der Waals surface area (Å²) in [4.78, 5) is 25.9. The first-order valence-electron chi connectivity index (χ1n) is 8.96. The first kappa shape index (κ1) is 21.7. The summed E-state index contributed by atoms with van der Waals surface area (Å²) >= 11 is 12.4. The minimum absolute atomic E-state index is 0.00571. The van der Waals surface area contributed by atoms with Crippen LogP contribution in [-0.2, 0) is 9.53 Å². The smallest absolute Gasteiger partial charge is 0.335 e. The average molecular weight is 449 g/mol. The molecule has 2 aromatic carbocycles. The van der Waals surface area contributed by atoms with Crippen LogP contribution in [0.25, 0.3) is 0 Å². The predicted molar refractivity (Wildman–Crippen MR) is 113 cm³/mol. The van der Waals surface area contributed by atoms with Crippen molar-refractivity contribution >= 4 is 29.2 Å². The second-order valence-electron chi connectivity index (χ2n) is 6.03. The van der Waals surface area contributed by atoms with Gasteiger partial charge in [-0.15, -0.1) is 0 Å². The Bertz CT molecular complexity index is 1100. The van der Waals surface area contributed by atoms with Gasteiger partial charge in [0.25, 0.3) is 0 Å². The van der Waals surface area contributed by atoms with E-state index in [0.29, 0.717) is 17.1 Å². The number of nitrogens with zero attached hydrogens (tertiary/aromatic N) is 2. The number of aromatic nitrogens is 2. The summed E-state index contributed by atoms with van der Waals surface area (Å²) in [7, 11) is 1.54. The van der Waals surface area contributed by atoms with Gasteiger partial charge in [0, 0.05) is 10.6 Å². The van der Waals surface area contributed by atoms with Crippen LogP contribution >= 0.6 is 23.2 Å². The summed E-state index contributed by atoms with van der Waals surface area (Å²) in [5.41, 5.74) is -0.346. The van der Waals surface area contributed by atoms with Crippen LogP contribution in [0.2, 0.25) is 10.0 Å². The normalized spacial score (nSPS) is 11.6. The molecular formula is C21H18Cl2N2O5. The number of benzene rings is 2. The van der Waals surface area contributed by atoms with Crippen LogP contribution in [0.5, 0.6) is 17.2 Å². The van der Waals surface area contributed by atoms with Gasteiger partial charge in [-0.2, -0.15) is 5.10 Å². The Morgan fingerprint density at radius 3 is 2.37 bits per heavy atom. The zero-order valence-electron chi connectivity index (χ0n) is 16.2. The highest BCUT2D eigenvalue weighted by Crippen LogP contribution is 2.30. The number of hydrogen-bond donors (Lipinski definition) is 0. The van der Waals surface area contributed by atoms with E-state index in [1.165, 1.54) is 6.20 Å². The van der Waals surface area contributed by atoms with Crippen molar-refractivity contribution < 1.29 is 19.0 Å². The molecule has 7 nitrogen and oxygen atoms in total. The summed E-state index contributed by atoms with van der Waals surface area (Å²) in [6.45, 7) is 1.79. The number of methoxy groups -OCH3 is 1. The minimum atomic E-state index is -1.21. The lowest BCUT2D eigenvalue weighted by Crippen LogP contribution is -2.34. The maximum atomic E-state index is 13.2. The standard InChI is InChI=1S/C21H18Cl2N2O5/c1-3-29-21(27)18(15-6-4-5-7-16(15)22)25-20(26)19(17(23)12-24-25)30-14-10-8-13(28-2)9-11-14/h4-12,18H,3H2,1-2H3. The zero-order chi connectivity index (χ0) is 21.7. The third-order valence-corrected chi connectivity index (χ3v) is 4.76. The number of hydrogen-bond acceptors (Lipinski definition) is 6. The highest BCUT2D eigenvalue weighted by molar-refractivity contribution is 6.32. The lowest BCUT2D eigenvalue weighted by atomic mass is 10.1. The highest BCUT2D eigenvalue weighted by Gasteiger charge is 2.30. The van der Waals surface area contributed by atoms with E-state index in [-0.39, 0.29) is 22.4 Å². The maximum absolute atomic E-state index is 13.2. The Hall–Kier alpha value is -3.03. The highest BCUT2D eigenvalue weighted by atomic mass is 35.5. The molecule has 1 heterocycles. The zero-order valence-corrected chi connectivity index (χ0v) is 17.7. The molecule has 1 unspecified atom stereocenters. The van der Waals surface area contributed by atoms with E-state index in [4.69, 9.17) is 37.4 Å². The topological polar surface area (TPSA) is 79.7 Å². The molecule has 0 radical (unpaired) electrons. The molecule has 0 saturated carbocycles. The van der Waals surface area contributed by atoms with E-state index >= 15 is 0 Å². The van der Waals surface area contributed by atoms with Crippen LogP contribution in [0.15, 0.2) is 59.5 Å². The van der Waals surface area contributed by atoms with E-state index in [1.54, 1.807) is 62.6 Å². The van der Waals surface area contributed by atoms with Crippen LogP contribution < -0.4 is 15.0 Å². The van der Waals surface area contributed by atoms with Crippen molar-refractivity contribution in [3.05, 3.63) is 80.7 Å². The molecule has 0 aliphatic heterocycles. The molecule has 30 heavy (non-hydrogen) atoms. The van der Waals surface area contributed by atoms with Gasteiger partial charge in [-0.05, 0) is 37.3 Å². The number of carbonyl (C=O) groups excluding carboxylic acids is 1. The van der Waals surface area contributed by atoms with Crippen LogP contribution in [-0.4, -0.2) is 29.5 Å². The van der Waals surface area contributed by atoms with Gasteiger partial charge in [0.1, 0.15) is 16.5 Å². The molecule has 0 aliphatic carbocycles. The second kappa shape index (κ2) is 9.65. The number of ether oxygens (including phenoxy) is 3. The lowest BCUT2D eigenvalue weighted by molar-refractivity contribution is -0.146. The van der Waals surface area contributed by atoms with E-state index in [9.17, 15) is 9.59 Å². The number of rotatable bonds is 7. The van der Waals surface area contributed by atoms with Gasteiger partial charge >= 0.3 is 11.5 Å². The minimum Gasteiger partial charge on any atom is -0.497 e. The summed E-state index contributed by atoms with van der Waals surface area (Å²) < 4.78 is 16.9. The summed E-state index contributed by atoms with van der Waals surface area (Å²) in [6.07, 6.45) is 1.23. The first-order chi connectivity index (χ1) is 14.5. The van der Waals surface area contributed by atoms with Crippen LogP contribution in [0.3, 0.4) is 0 Å². The largest absolute Gasteiger partial charge is 0.497 e. The van der Waals surface area contributed by atoms with Crippen LogP contribution in [0, 0.1) is 0 Å². The molecule has 0 N–H and O–H groups in total.